The Hall–Kier alpha value is -2.30. The van der Waals surface area contributed by atoms with Crippen molar-refractivity contribution in [1.29, 1.82) is 0 Å². The number of carbonyl (C=O) groups is 2. The van der Waals surface area contributed by atoms with Crippen LogP contribution < -0.4 is 0 Å². The van der Waals surface area contributed by atoms with Gasteiger partial charge in [0.05, 0.1) is 7.11 Å². The van der Waals surface area contributed by atoms with Crippen LogP contribution >= 0.6 is 0 Å². The number of H-pyrrole nitrogens is 1. The lowest BCUT2D eigenvalue weighted by Gasteiger charge is -2.20. The maximum atomic E-state index is 12.5. The first kappa shape index (κ1) is 14.1. The monoisotopic (exact) mass is 274 g/mol. The third kappa shape index (κ3) is 2.99. The molecule has 0 radical (unpaired) electrons. The minimum Gasteiger partial charge on any atom is -0.468 e. The topological polar surface area (TPSA) is 62.4 Å². The van der Waals surface area contributed by atoms with E-state index in [1.54, 1.807) is 6.07 Å². The first-order valence-corrected chi connectivity index (χ1v) is 6.59. The van der Waals surface area contributed by atoms with Crippen LogP contribution in [-0.2, 0) is 9.53 Å². The molecule has 20 heavy (non-hydrogen) atoms. The molecule has 1 aromatic heterocycles. The first-order chi connectivity index (χ1) is 9.65. The number of aromatic nitrogens is 1. The van der Waals surface area contributed by atoms with E-state index >= 15 is 0 Å². The zero-order valence-corrected chi connectivity index (χ0v) is 11.7. The summed E-state index contributed by atoms with van der Waals surface area (Å²) in [6, 6.07) is 7.37. The Labute approximate surface area is 117 Å². The molecule has 2 aromatic rings. The van der Waals surface area contributed by atoms with Crippen LogP contribution in [-0.4, -0.2) is 42.0 Å². The molecule has 106 valence electrons. The summed E-state index contributed by atoms with van der Waals surface area (Å²) in [5.41, 5.74) is 1.56. The molecule has 0 saturated carbocycles. The average molecular weight is 274 g/mol. The molecule has 5 heteroatoms. The lowest BCUT2D eigenvalue weighted by Crippen LogP contribution is -2.36. The smallest absolute Gasteiger partial charge is 0.325 e. The average Bonchev–Trinajstić information content (AvgIpc) is 2.93. The van der Waals surface area contributed by atoms with Gasteiger partial charge in [-0.25, -0.2) is 0 Å². The summed E-state index contributed by atoms with van der Waals surface area (Å²) >= 11 is 0. The van der Waals surface area contributed by atoms with Crippen molar-refractivity contribution in [3.05, 3.63) is 36.0 Å². The molecular weight excluding hydrogens is 256 g/mol. The fourth-order valence-corrected chi connectivity index (χ4v) is 2.11. The molecule has 0 aliphatic heterocycles. The van der Waals surface area contributed by atoms with Gasteiger partial charge in [-0.15, -0.1) is 0 Å². The summed E-state index contributed by atoms with van der Waals surface area (Å²) in [5.74, 6) is -0.560. The lowest BCUT2D eigenvalue weighted by atomic mass is 10.1. The van der Waals surface area contributed by atoms with Gasteiger partial charge >= 0.3 is 5.97 Å². The molecule has 0 spiro atoms. The van der Waals surface area contributed by atoms with Gasteiger partial charge in [0, 0.05) is 29.2 Å². The largest absolute Gasteiger partial charge is 0.468 e. The molecule has 2 rings (SSSR count). The standard InChI is InChI=1S/C15H18N2O3/c1-3-8-17(10-14(18)20-2)15(19)12-4-5-13-11(9-12)6-7-16-13/h4-7,9,16H,3,8,10H2,1-2H3. The van der Waals surface area contributed by atoms with Crippen molar-refractivity contribution in [1.82, 2.24) is 9.88 Å². The van der Waals surface area contributed by atoms with E-state index in [4.69, 9.17) is 0 Å². The van der Waals surface area contributed by atoms with Crippen molar-refractivity contribution in [3.8, 4) is 0 Å². The summed E-state index contributed by atoms with van der Waals surface area (Å²) in [7, 11) is 1.32. The molecule has 0 saturated heterocycles. The highest BCUT2D eigenvalue weighted by Gasteiger charge is 2.18. The zero-order valence-electron chi connectivity index (χ0n) is 11.7. The summed E-state index contributed by atoms with van der Waals surface area (Å²) < 4.78 is 4.63. The van der Waals surface area contributed by atoms with Gasteiger partial charge in [0.1, 0.15) is 6.54 Å². The fourth-order valence-electron chi connectivity index (χ4n) is 2.11. The Bertz CT molecular complexity index is 618. The molecular formula is C15H18N2O3. The highest BCUT2D eigenvalue weighted by Crippen LogP contribution is 2.16. The Morgan fingerprint density at radius 1 is 1.30 bits per heavy atom. The van der Waals surface area contributed by atoms with Gasteiger partial charge in [0.15, 0.2) is 0 Å². The van der Waals surface area contributed by atoms with Gasteiger partial charge in [0.2, 0.25) is 0 Å². The van der Waals surface area contributed by atoms with Crippen molar-refractivity contribution in [3.63, 3.8) is 0 Å². The van der Waals surface area contributed by atoms with Crippen LogP contribution in [0, 0.1) is 0 Å². The highest BCUT2D eigenvalue weighted by molar-refractivity contribution is 5.99. The number of hydrogen-bond donors (Lipinski definition) is 1. The van der Waals surface area contributed by atoms with Crippen molar-refractivity contribution >= 4 is 22.8 Å². The van der Waals surface area contributed by atoms with E-state index in [0.717, 1.165) is 17.3 Å². The van der Waals surface area contributed by atoms with E-state index in [1.807, 2.05) is 31.3 Å². The number of fused-ring (bicyclic) bond motifs is 1. The second kappa shape index (κ2) is 6.23. The first-order valence-electron chi connectivity index (χ1n) is 6.59. The van der Waals surface area contributed by atoms with Crippen molar-refractivity contribution < 1.29 is 14.3 Å². The van der Waals surface area contributed by atoms with Gasteiger partial charge in [0.25, 0.3) is 5.91 Å². The molecule has 0 fully saturated rings. The van der Waals surface area contributed by atoms with E-state index in [0.29, 0.717) is 12.1 Å². The molecule has 1 N–H and O–H groups in total. The van der Waals surface area contributed by atoms with E-state index < -0.39 is 5.97 Å². The fraction of sp³-hybridized carbons (Fsp3) is 0.333. The summed E-state index contributed by atoms with van der Waals surface area (Å²) in [6.45, 7) is 2.47. The molecule has 0 unspecified atom stereocenters. The maximum Gasteiger partial charge on any atom is 0.325 e. The number of esters is 1. The molecule has 1 amide bonds. The number of aromatic amines is 1. The third-order valence-electron chi connectivity index (χ3n) is 3.13. The number of carbonyl (C=O) groups excluding carboxylic acids is 2. The number of ether oxygens (including phenoxy) is 1. The maximum absolute atomic E-state index is 12.5. The van der Waals surface area contributed by atoms with Crippen LogP contribution in [0.15, 0.2) is 30.5 Å². The number of methoxy groups -OCH3 is 1. The SMILES string of the molecule is CCCN(CC(=O)OC)C(=O)c1ccc2[nH]ccc2c1. The van der Waals surface area contributed by atoms with E-state index in [9.17, 15) is 9.59 Å². The van der Waals surface area contributed by atoms with Crippen LogP contribution in [0.2, 0.25) is 0 Å². The van der Waals surface area contributed by atoms with E-state index in [2.05, 4.69) is 9.72 Å². The summed E-state index contributed by atoms with van der Waals surface area (Å²) in [6.07, 6.45) is 2.62. The van der Waals surface area contributed by atoms with Gasteiger partial charge in [-0.05, 0) is 30.7 Å². The molecule has 0 atom stereocenters. The van der Waals surface area contributed by atoms with Crippen LogP contribution in [0.25, 0.3) is 10.9 Å². The number of nitrogens with zero attached hydrogens (tertiary/aromatic N) is 1. The van der Waals surface area contributed by atoms with Crippen molar-refractivity contribution in [2.24, 2.45) is 0 Å². The Morgan fingerprint density at radius 3 is 2.80 bits per heavy atom. The second-order valence-electron chi connectivity index (χ2n) is 4.58. The molecule has 1 aromatic carbocycles. The van der Waals surface area contributed by atoms with Crippen LogP contribution in [0.4, 0.5) is 0 Å². The summed E-state index contributed by atoms with van der Waals surface area (Å²) in [5, 5.41) is 0.977. The minimum absolute atomic E-state index is 0.0195. The molecule has 5 nitrogen and oxygen atoms in total. The predicted octanol–water partition coefficient (Wildman–Crippen LogP) is 2.19. The third-order valence-corrected chi connectivity index (χ3v) is 3.13. The van der Waals surface area contributed by atoms with Gasteiger partial charge in [-0.1, -0.05) is 6.92 Å². The normalized spacial score (nSPS) is 10.5. The lowest BCUT2D eigenvalue weighted by molar-refractivity contribution is -0.141. The van der Waals surface area contributed by atoms with Gasteiger partial charge < -0.3 is 14.6 Å². The van der Waals surface area contributed by atoms with Gasteiger partial charge in [-0.3, -0.25) is 9.59 Å². The number of benzene rings is 1. The number of nitrogens with one attached hydrogen (secondary N) is 1. The Balaban J connectivity index is 2.23. The number of rotatable bonds is 5. The number of hydrogen-bond acceptors (Lipinski definition) is 3. The Morgan fingerprint density at radius 2 is 2.10 bits per heavy atom. The Kier molecular flexibility index (Phi) is 4.40. The predicted molar refractivity (Wildman–Crippen MR) is 76.5 cm³/mol. The highest BCUT2D eigenvalue weighted by atomic mass is 16.5. The second-order valence-corrected chi connectivity index (χ2v) is 4.58. The molecule has 0 aliphatic carbocycles. The minimum atomic E-state index is -0.408. The zero-order chi connectivity index (χ0) is 14.5. The van der Waals surface area contributed by atoms with Crippen LogP contribution in [0.1, 0.15) is 23.7 Å². The van der Waals surface area contributed by atoms with Crippen LogP contribution in [0.5, 0.6) is 0 Å². The quantitative estimate of drug-likeness (QED) is 0.850. The summed E-state index contributed by atoms with van der Waals surface area (Å²) in [4.78, 5) is 28.4. The number of amides is 1. The van der Waals surface area contributed by atoms with Gasteiger partial charge in [-0.2, -0.15) is 0 Å². The van der Waals surface area contributed by atoms with Crippen LogP contribution in [0.3, 0.4) is 0 Å². The van der Waals surface area contributed by atoms with E-state index in [1.165, 1.54) is 12.0 Å². The van der Waals surface area contributed by atoms with Crippen molar-refractivity contribution in [2.45, 2.75) is 13.3 Å². The van der Waals surface area contributed by atoms with Crippen molar-refractivity contribution in [2.75, 3.05) is 20.2 Å². The molecule has 0 aliphatic rings. The molecule has 1 heterocycles. The van der Waals surface area contributed by atoms with E-state index in [-0.39, 0.29) is 12.5 Å². The molecule has 0 bridgehead atoms.